The maximum Gasteiger partial charge on any atom is 0.125 e. The summed E-state index contributed by atoms with van der Waals surface area (Å²) in [5.41, 5.74) is 6.76. The topological polar surface area (TPSA) is 55.5 Å². The molecule has 2 atom stereocenters. The Balaban J connectivity index is 2.87. The molecule has 0 aliphatic heterocycles. The summed E-state index contributed by atoms with van der Waals surface area (Å²) in [6.07, 6.45) is -0.482. The number of aliphatic hydroxyl groups is 1. The number of rotatable bonds is 4. The zero-order chi connectivity index (χ0) is 11.4. The number of benzene rings is 1. The first-order valence-corrected chi connectivity index (χ1v) is 5.66. The summed E-state index contributed by atoms with van der Waals surface area (Å²) in [5.74, 6) is 0.722. The lowest BCUT2D eigenvalue weighted by molar-refractivity contribution is 0.122. The number of nitrogens with two attached hydrogens (primary N) is 1. The molecule has 0 fully saturated rings. The molecule has 0 saturated carbocycles. The lowest BCUT2D eigenvalue weighted by Gasteiger charge is -2.15. The maximum absolute atomic E-state index is 9.14. The van der Waals surface area contributed by atoms with Gasteiger partial charge < -0.3 is 15.6 Å². The lowest BCUT2D eigenvalue weighted by atomic mass is 10.1. The van der Waals surface area contributed by atoms with E-state index >= 15 is 0 Å². The van der Waals surface area contributed by atoms with Crippen LogP contribution in [-0.4, -0.2) is 17.8 Å². The number of hydrogen-bond acceptors (Lipinski definition) is 3. The van der Waals surface area contributed by atoms with Crippen molar-refractivity contribution in [3.05, 3.63) is 28.2 Å². The summed E-state index contributed by atoms with van der Waals surface area (Å²) >= 11 is 3.37. The van der Waals surface area contributed by atoms with E-state index < -0.39 is 6.10 Å². The van der Waals surface area contributed by atoms with Gasteiger partial charge in [-0.3, -0.25) is 0 Å². The van der Waals surface area contributed by atoms with Gasteiger partial charge in [-0.2, -0.15) is 0 Å². The van der Waals surface area contributed by atoms with Crippen LogP contribution in [-0.2, 0) is 0 Å². The lowest BCUT2D eigenvalue weighted by Crippen LogP contribution is -2.15. The number of halogens is 1. The summed E-state index contributed by atoms with van der Waals surface area (Å²) < 4.78 is 6.42. The van der Waals surface area contributed by atoms with Crippen molar-refractivity contribution in [2.75, 3.05) is 6.61 Å². The summed E-state index contributed by atoms with van der Waals surface area (Å²) in [7, 11) is 0. The molecule has 0 bridgehead atoms. The van der Waals surface area contributed by atoms with Crippen LogP contribution in [0.3, 0.4) is 0 Å². The molecule has 1 unspecified atom stereocenters. The van der Waals surface area contributed by atoms with E-state index in [2.05, 4.69) is 15.9 Å². The van der Waals surface area contributed by atoms with Gasteiger partial charge >= 0.3 is 0 Å². The van der Waals surface area contributed by atoms with Crippen LogP contribution in [0.2, 0.25) is 0 Å². The number of hydrogen-bond donors (Lipinski definition) is 2. The third kappa shape index (κ3) is 3.81. The van der Waals surface area contributed by atoms with Crippen molar-refractivity contribution < 1.29 is 9.84 Å². The molecule has 0 aliphatic rings. The van der Waals surface area contributed by atoms with Crippen molar-refractivity contribution in [2.24, 2.45) is 5.73 Å². The van der Waals surface area contributed by atoms with Gasteiger partial charge in [0, 0.05) is 16.1 Å². The average molecular weight is 274 g/mol. The molecule has 0 aromatic heterocycles. The highest BCUT2D eigenvalue weighted by Gasteiger charge is 2.09. The van der Waals surface area contributed by atoms with Crippen LogP contribution in [0.4, 0.5) is 0 Å². The monoisotopic (exact) mass is 273 g/mol. The van der Waals surface area contributed by atoms with E-state index in [0.29, 0.717) is 0 Å². The molecule has 1 aromatic rings. The van der Waals surface area contributed by atoms with Gasteiger partial charge in [0.1, 0.15) is 12.4 Å². The molecule has 3 nitrogen and oxygen atoms in total. The van der Waals surface area contributed by atoms with Crippen molar-refractivity contribution in [1.82, 2.24) is 0 Å². The minimum Gasteiger partial charge on any atom is -0.491 e. The Morgan fingerprint density at radius 3 is 2.67 bits per heavy atom. The molecule has 0 amide bonds. The van der Waals surface area contributed by atoms with Crippen molar-refractivity contribution in [3.8, 4) is 5.75 Å². The Bertz CT molecular complexity index is 326. The predicted molar refractivity (Wildman–Crippen MR) is 63.9 cm³/mol. The van der Waals surface area contributed by atoms with Crippen molar-refractivity contribution >= 4 is 15.9 Å². The van der Waals surface area contributed by atoms with E-state index in [1.807, 2.05) is 25.1 Å². The van der Waals surface area contributed by atoms with E-state index in [9.17, 15) is 0 Å². The normalized spacial score (nSPS) is 14.7. The Hall–Kier alpha value is -0.580. The minimum atomic E-state index is -0.482. The largest absolute Gasteiger partial charge is 0.491 e. The predicted octanol–water partition coefficient (Wildman–Crippen LogP) is 2.23. The quantitative estimate of drug-likeness (QED) is 0.885. The fourth-order valence-corrected chi connectivity index (χ4v) is 1.56. The fourth-order valence-electron chi connectivity index (χ4n) is 1.22. The molecule has 15 heavy (non-hydrogen) atoms. The van der Waals surface area contributed by atoms with Gasteiger partial charge in [-0.25, -0.2) is 0 Å². The molecular formula is C11H16BrNO2. The van der Waals surface area contributed by atoms with Crippen LogP contribution in [0, 0.1) is 0 Å². The molecule has 3 N–H and O–H groups in total. The van der Waals surface area contributed by atoms with Gasteiger partial charge in [-0.15, -0.1) is 0 Å². The molecule has 0 spiro atoms. The number of aliphatic hydroxyl groups excluding tert-OH is 1. The zero-order valence-electron chi connectivity index (χ0n) is 8.90. The minimum absolute atomic E-state index is 0.0814. The van der Waals surface area contributed by atoms with Crippen LogP contribution < -0.4 is 10.5 Å². The van der Waals surface area contributed by atoms with Gasteiger partial charge in [-0.1, -0.05) is 22.0 Å². The molecule has 0 heterocycles. The summed E-state index contributed by atoms with van der Waals surface area (Å²) in [4.78, 5) is 0. The molecule has 84 valence electrons. The Morgan fingerprint density at radius 1 is 1.47 bits per heavy atom. The fraction of sp³-hybridized carbons (Fsp3) is 0.455. The van der Waals surface area contributed by atoms with Gasteiger partial charge in [0.2, 0.25) is 0 Å². The third-order valence-corrected chi connectivity index (χ3v) is 2.44. The highest BCUT2D eigenvalue weighted by Crippen LogP contribution is 2.27. The van der Waals surface area contributed by atoms with Crippen LogP contribution in [0.15, 0.2) is 22.7 Å². The van der Waals surface area contributed by atoms with Crippen molar-refractivity contribution in [3.63, 3.8) is 0 Å². The molecule has 1 aromatic carbocycles. The molecule has 0 radical (unpaired) electrons. The van der Waals surface area contributed by atoms with Gasteiger partial charge in [0.25, 0.3) is 0 Å². The van der Waals surface area contributed by atoms with E-state index in [-0.39, 0.29) is 12.6 Å². The average Bonchev–Trinajstić information content (AvgIpc) is 2.14. The van der Waals surface area contributed by atoms with Crippen LogP contribution >= 0.6 is 15.9 Å². The van der Waals surface area contributed by atoms with Gasteiger partial charge in [-0.05, 0) is 26.0 Å². The zero-order valence-corrected chi connectivity index (χ0v) is 10.5. The molecule has 0 aliphatic carbocycles. The van der Waals surface area contributed by atoms with E-state index in [1.165, 1.54) is 0 Å². The Morgan fingerprint density at radius 2 is 2.13 bits per heavy atom. The van der Waals surface area contributed by atoms with Crippen LogP contribution in [0.1, 0.15) is 25.5 Å². The third-order valence-electron chi connectivity index (χ3n) is 1.95. The number of ether oxygens (including phenoxy) is 1. The standard InChI is InChI=1S/C11H16BrNO2/c1-7(14)6-15-11-5-9(12)3-4-10(11)8(2)13/h3-5,7-8,14H,6,13H2,1-2H3/t7?,8-/m1/s1. The molecular weight excluding hydrogens is 258 g/mol. The van der Waals surface area contributed by atoms with E-state index in [0.717, 1.165) is 15.8 Å². The summed E-state index contributed by atoms with van der Waals surface area (Å²) in [6, 6.07) is 5.63. The van der Waals surface area contributed by atoms with E-state index in [4.69, 9.17) is 15.6 Å². The highest BCUT2D eigenvalue weighted by atomic mass is 79.9. The maximum atomic E-state index is 9.14. The van der Waals surface area contributed by atoms with Crippen LogP contribution in [0.25, 0.3) is 0 Å². The second-order valence-electron chi connectivity index (χ2n) is 3.63. The van der Waals surface area contributed by atoms with Crippen molar-refractivity contribution in [1.29, 1.82) is 0 Å². The first-order valence-electron chi connectivity index (χ1n) is 4.86. The SMILES string of the molecule is CC(O)COc1cc(Br)ccc1[C@@H](C)N. The Kier molecular flexibility index (Phi) is 4.57. The highest BCUT2D eigenvalue weighted by molar-refractivity contribution is 9.10. The summed E-state index contributed by atoms with van der Waals surface area (Å²) in [5, 5.41) is 9.14. The molecule has 4 heteroatoms. The molecule has 0 saturated heterocycles. The van der Waals surface area contributed by atoms with Gasteiger partial charge in [0.15, 0.2) is 0 Å². The first-order chi connectivity index (χ1) is 7.00. The van der Waals surface area contributed by atoms with Crippen molar-refractivity contribution in [2.45, 2.75) is 26.0 Å². The Labute approximate surface area is 98.4 Å². The van der Waals surface area contributed by atoms with Gasteiger partial charge in [0.05, 0.1) is 6.10 Å². The smallest absolute Gasteiger partial charge is 0.125 e. The second kappa shape index (κ2) is 5.49. The van der Waals surface area contributed by atoms with Crippen LogP contribution in [0.5, 0.6) is 5.75 Å². The second-order valence-corrected chi connectivity index (χ2v) is 4.55. The first kappa shape index (κ1) is 12.5. The summed E-state index contributed by atoms with van der Waals surface area (Å²) in [6.45, 7) is 3.86. The van der Waals surface area contributed by atoms with E-state index in [1.54, 1.807) is 6.92 Å². The molecule has 1 rings (SSSR count).